The van der Waals surface area contributed by atoms with Crippen LogP contribution >= 0.6 is 0 Å². The van der Waals surface area contributed by atoms with Crippen molar-refractivity contribution in [2.24, 2.45) is 0 Å². The highest BCUT2D eigenvalue weighted by Gasteiger charge is 2.09. The molecule has 0 saturated heterocycles. The van der Waals surface area contributed by atoms with Gasteiger partial charge in [0.15, 0.2) is 0 Å². The van der Waals surface area contributed by atoms with Crippen LogP contribution in [0.5, 0.6) is 5.75 Å². The molecule has 1 aromatic rings. The smallest absolute Gasteiger partial charge is 0.255 e. The second-order valence-corrected chi connectivity index (χ2v) is 3.02. The van der Waals surface area contributed by atoms with Crippen molar-refractivity contribution < 1.29 is 9.90 Å². The summed E-state index contributed by atoms with van der Waals surface area (Å²) in [7, 11) is 0. The van der Waals surface area contributed by atoms with Crippen LogP contribution in [0.4, 0.5) is 0 Å². The lowest BCUT2D eigenvalue weighted by Gasteiger charge is -2.05. The largest absolute Gasteiger partial charge is 0.507 e. The van der Waals surface area contributed by atoms with Crippen molar-refractivity contribution in [3.63, 3.8) is 0 Å². The Kier molecular flexibility index (Phi) is 3.29. The van der Waals surface area contributed by atoms with Gasteiger partial charge in [-0.25, -0.2) is 0 Å². The SMILES string of the molecule is C=CCNC(=O)c1ccc(C)cc1O. The average molecular weight is 191 g/mol. The van der Waals surface area contributed by atoms with Crippen molar-refractivity contribution in [3.8, 4) is 5.75 Å². The maximum absolute atomic E-state index is 11.4. The van der Waals surface area contributed by atoms with Crippen LogP contribution in [0.1, 0.15) is 15.9 Å². The Bertz CT molecular complexity index is 358. The van der Waals surface area contributed by atoms with Crippen molar-refractivity contribution in [2.75, 3.05) is 6.54 Å². The van der Waals surface area contributed by atoms with E-state index in [0.717, 1.165) is 5.56 Å². The van der Waals surface area contributed by atoms with E-state index in [2.05, 4.69) is 11.9 Å². The van der Waals surface area contributed by atoms with Crippen molar-refractivity contribution in [1.29, 1.82) is 0 Å². The molecule has 0 spiro atoms. The van der Waals surface area contributed by atoms with Crippen LogP contribution in [0.3, 0.4) is 0 Å². The number of carbonyl (C=O) groups excluding carboxylic acids is 1. The molecule has 2 N–H and O–H groups in total. The summed E-state index contributed by atoms with van der Waals surface area (Å²) < 4.78 is 0. The zero-order valence-corrected chi connectivity index (χ0v) is 8.08. The molecule has 1 amide bonds. The van der Waals surface area contributed by atoms with E-state index in [1.54, 1.807) is 24.3 Å². The number of phenols is 1. The molecule has 0 heterocycles. The molecule has 3 heteroatoms. The van der Waals surface area contributed by atoms with Gasteiger partial charge in [0.1, 0.15) is 5.75 Å². The highest BCUT2D eigenvalue weighted by molar-refractivity contribution is 5.96. The van der Waals surface area contributed by atoms with Crippen molar-refractivity contribution in [2.45, 2.75) is 6.92 Å². The fourth-order valence-electron chi connectivity index (χ4n) is 1.09. The number of phenolic OH excluding ortho intramolecular Hbond substituents is 1. The molecule has 0 bridgehead atoms. The molecule has 0 radical (unpaired) electrons. The van der Waals surface area contributed by atoms with Gasteiger partial charge in [0.2, 0.25) is 0 Å². The van der Waals surface area contributed by atoms with Crippen LogP contribution in [-0.2, 0) is 0 Å². The summed E-state index contributed by atoms with van der Waals surface area (Å²) in [5.74, 6) is -0.283. The van der Waals surface area contributed by atoms with Crippen molar-refractivity contribution >= 4 is 5.91 Å². The van der Waals surface area contributed by atoms with Gasteiger partial charge >= 0.3 is 0 Å². The predicted molar refractivity (Wildman–Crippen MR) is 55.4 cm³/mol. The Morgan fingerprint density at radius 2 is 2.36 bits per heavy atom. The molecule has 3 nitrogen and oxygen atoms in total. The summed E-state index contributed by atoms with van der Waals surface area (Å²) >= 11 is 0. The van der Waals surface area contributed by atoms with E-state index in [1.807, 2.05) is 6.92 Å². The molecule has 0 aliphatic carbocycles. The molecule has 0 atom stereocenters. The minimum absolute atomic E-state index is 0.00608. The van der Waals surface area contributed by atoms with E-state index >= 15 is 0 Å². The molecular weight excluding hydrogens is 178 g/mol. The molecule has 0 aliphatic heterocycles. The van der Waals surface area contributed by atoms with Crippen LogP contribution in [0, 0.1) is 6.92 Å². The standard InChI is InChI=1S/C11H13NO2/c1-3-6-12-11(14)9-5-4-8(2)7-10(9)13/h3-5,7,13H,1,6H2,2H3,(H,12,14). The first-order valence-corrected chi connectivity index (χ1v) is 4.34. The Morgan fingerprint density at radius 1 is 1.64 bits per heavy atom. The molecule has 0 fully saturated rings. The van der Waals surface area contributed by atoms with Crippen LogP contribution < -0.4 is 5.32 Å². The van der Waals surface area contributed by atoms with Gasteiger partial charge in [-0.15, -0.1) is 6.58 Å². The van der Waals surface area contributed by atoms with Crippen LogP contribution in [-0.4, -0.2) is 17.6 Å². The van der Waals surface area contributed by atoms with Crippen LogP contribution in [0.15, 0.2) is 30.9 Å². The number of aryl methyl sites for hydroxylation is 1. The number of hydrogen-bond acceptors (Lipinski definition) is 2. The van der Waals surface area contributed by atoms with Crippen LogP contribution in [0.2, 0.25) is 0 Å². The lowest BCUT2D eigenvalue weighted by atomic mass is 10.1. The monoisotopic (exact) mass is 191 g/mol. The molecular formula is C11H13NO2. The van der Waals surface area contributed by atoms with Crippen molar-refractivity contribution in [1.82, 2.24) is 5.32 Å². The number of nitrogens with one attached hydrogen (secondary N) is 1. The fourth-order valence-corrected chi connectivity index (χ4v) is 1.09. The van der Waals surface area contributed by atoms with E-state index in [-0.39, 0.29) is 17.2 Å². The molecule has 1 rings (SSSR count). The first-order chi connectivity index (χ1) is 6.65. The van der Waals surface area contributed by atoms with Gasteiger partial charge in [-0.2, -0.15) is 0 Å². The zero-order chi connectivity index (χ0) is 10.6. The minimum Gasteiger partial charge on any atom is -0.507 e. The van der Waals surface area contributed by atoms with Crippen molar-refractivity contribution in [3.05, 3.63) is 42.0 Å². The first-order valence-electron chi connectivity index (χ1n) is 4.34. The third-order valence-electron chi connectivity index (χ3n) is 1.80. The first kappa shape index (κ1) is 10.3. The second-order valence-electron chi connectivity index (χ2n) is 3.02. The summed E-state index contributed by atoms with van der Waals surface area (Å²) in [5.41, 5.74) is 1.21. The Balaban J connectivity index is 2.84. The van der Waals surface area contributed by atoms with Gasteiger partial charge in [-0.1, -0.05) is 12.1 Å². The molecule has 14 heavy (non-hydrogen) atoms. The Morgan fingerprint density at radius 3 is 2.93 bits per heavy atom. The summed E-state index contributed by atoms with van der Waals surface area (Å²) in [4.78, 5) is 11.4. The number of carbonyl (C=O) groups is 1. The number of hydrogen-bond donors (Lipinski definition) is 2. The van der Waals surface area contributed by atoms with Gasteiger partial charge in [0.05, 0.1) is 5.56 Å². The Labute approximate surface area is 83.1 Å². The van der Waals surface area contributed by atoms with Gasteiger partial charge in [0, 0.05) is 6.54 Å². The third-order valence-corrected chi connectivity index (χ3v) is 1.80. The summed E-state index contributed by atoms with van der Waals surface area (Å²) in [6, 6.07) is 4.94. The number of amides is 1. The quantitative estimate of drug-likeness (QED) is 0.713. The van der Waals surface area contributed by atoms with Gasteiger partial charge in [-0.05, 0) is 24.6 Å². The molecule has 74 valence electrons. The van der Waals surface area contributed by atoms with Gasteiger partial charge < -0.3 is 10.4 Å². The zero-order valence-electron chi connectivity index (χ0n) is 8.08. The second kappa shape index (κ2) is 4.46. The predicted octanol–water partition coefficient (Wildman–Crippen LogP) is 1.62. The number of rotatable bonds is 3. The summed E-state index contributed by atoms with van der Waals surface area (Å²) in [6.45, 7) is 5.73. The lowest BCUT2D eigenvalue weighted by Crippen LogP contribution is -2.23. The lowest BCUT2D eigenvalue weighted by molar-refractivity contribution is 0.0955. The average Bonchev–Trinajstić information content (AvgIpc) is 2.14. The minimum atomic E-state index is -0.289. The maximum atomic E-state index is 11.4. The molecule has 0 unspecified atom stereocenters. The van der Waals surface area contributed by atoms with E-state index < -0.39 is 0 Å². The van der Waals surface area contributed by atoms with Gasteiger partial charge in [-0.3, -0.25) is 4.79 Å². The fraction of sp³-hybridized carbons (Fsp3) is 0.182. The highest BCUT2D eigenvalue weighted by Crippen LogP contribution is 2.17. The summed E-state index contributed by atoms with van der Waals surface area (Å²) in [6.07, 6.45) is 1.59. The highest BCUT2D eigenvalue weighted by atomic mass is 16.3. The topological polar surface area (TPSA) is 49.3 Å². The van der Waals surface area contributed by atoms with E-state index in [0.29, 0.717) is 6.54 Å². The molecule has 0 aliphatic rings. The molecule has 0 saturated carbocycles. The van der Waals surface area contributed by atoms with E-state index in [9.17, 15) is 9.90 Å². The number of aromatic hydroxyl groups is 1. The van der Waals surface area contributed by atoms with E-state index in [1.165, 1.54) is 0 Å². The molecule has 0 aromatic heterocycles. The van der Waals surface area contributed by atoms with E-state index in [4.69, 9.17) is 0 Å². The number of benzene rings is 1. The van der Waals surface area contributed by atoms with Crippen LogP contribution in [0.25, 0.3) is 0 Å². The normalized spacial score (nSPS) is 9.50. The molecule has 1 aromatic carbocycles. The summed E-state index contributed by atoms with van der Waals surface area (Å²) in [5, 5.41) is 12.1. The Hall–Kier alpha value is -1.77. The van der Waals surface area contributed by atoms with Gasteiger partial charge in [0.25, 0.3) is 5.91 Å². The third kappa shape index (κ3) is 2.36. The maximum Gasteiger partial charge on any atom is 0.255 e.